The van der Waals surface area contributed by atoms with E-state index < -0.39 is 5.82 Å². The summed E-state index contributed by atoms with van der Waals surface area (Å²) < 4.78 is 13.0. The van der Waals surface area contributed by atoms with E-state index in [-0.39, 0.29) is 34.1 Å². The van der Waals surface area contributed by atoms with Crippen LogP contribution in [0.3, 0.4) is 0 Å². The Morgan fingerprint density at radius 3 is 2.50 bits per heavy atom. The van der Waals surface area contributed by atoms with Crippen molar-refractivity contribution in [2.75, 3.05) is 5.32 Å². The number of benzene rings is 1. The number of carbonyl (C=O) groups excluding carboxylic acids is 1. The molecule has 0 aliphatic carbocycles. The van der Waals surface area contributed by atoms with Crippen LogP contribution < -0.4 is 11.1 Å². The van der Waals surface area contributed by atoms with Gasteiger partial charge in [-0.15, -0.1) is 0 Å². The predicted octanol–water partition coefficient (Wildman–Crippen LogP) is 3.59. The van der Waals surface area contributed by atoms with Crippen molar-refractivity contribution < 1.29 is 9.18 Å². The van der Waals surface area contributed by atoms with Gasteiger partial charge in [0.05, 0.1) is 15.7 Å². The molecule has 100 valence electrons. The summed E-state index contributed by atoms with van der Waals surface area (Å²) in [5.74, 6) is -0.836. The maximum atomic E-state index is 13.0. The number of amides is 1. The highest BCUT2D eigenvalue weighted by Crippen LogP contribution is 2.31. The summed E-state index contributed by atoms with van der Waals surface area (Å²) >= 11 is 11.6. The van der Waals surface area contributed by atoms with Crippen LogP contribution in [0.4, 0.5) is 10.1 Å². The van der Waals surface area contributed by atoms with Crippen LogP contribution in [0, 0.1) is 5.82 Å². The van der Waals surface area contributed by atoms with Gasteiger partial charge < -0.3 is 11.1 Å². The SMILES string of the molecule is CCCC(N)CC(=O)Nc1c(Cl)cc(F)cc1Cl. The third-order valence-electron chi connectivity index (χ3n) is 2.38. The van der Waals surface area contributed by atoms with Crippen molar-refractivity contribution in [3.05, 3.63) is 28.0 Å². The molecule has 0 aliphatic rings. The number of nitrogens with one attached hydrogen (secondary N) is 1. The normalized spacial score (nSPS) is 12.3. The molecule has 0 saturated heterocycles. The minimum atomic E-state index is -0.550. The summed E-state index contributed by atoms with van der Waals surface area (Å²) in [7, 11) is 0. The van der Waals surface area contributed by atoms with E-state index in [1.54, 1.807) is 0 Å². The summed E-state index contributed by atoms with van der Waals surface area (Å²) in [5, 5.41) is 2.68. The molecule has 0 saturated carbocycles. The van der Waals surface area contributed by atoms with E-state index in [9.17, 15) is 9.18 Å². The van der Waals surface area contributed by atoms with E-state index in [1.807, 2.05) is 6.92 Å². The van der Waals surface area contributed by atoms with Gasteiger partial charge in [-0.2, -0.15) is 0 Å². The number of halogens is 3. The van der Waals surface area contributed by atoms with Crippen LogP contribution in [-0.2, 0) is 4.79 Å². The number of nitrogens with two attached hydrogens (primary N) is 1. The fraction of sp³-hybridized carbons (Fsp3) is 0.417. The monoisotopic (exact) mass is 292 g/mol. The first-order valence-electron chi connectivity index (χ1n) is 5.64. The zero-order valence-electron chi connectivity index (χ0n) is 9.97. The van der Waals surface area contributed by atoms with Crippen molar-refractivity contribution in [1.82, 2.24) is 0 Å². The Hall–Kier alpha value is -0.840. The van der Waals surface area contributed by atoms with Gasteiger partial charge in [0.15, 0.2) is 0 Å². The number of anilines is 1. The van der Waals surface area contributed by atoms with E-state index >= 15 is 0 Å². The number of hydrogen-bond donors (Lipinski definition) is 2. The Balaban J connectivity index is 2.70. The zero-order valence-corrected chi connectivity index (χ0v) is 11.5. The molecular formula is C12H15Cl2FN2O. The summed E-state index contributed by atoms with van der Waals surface area (Å²) in [6.45, 7) is 1.99. The standard InChI is InChI=1S/C12H15Cl2FN2O/c1-2-3-8(16)6-11(18)17-12-9(13)4-7(15)5-10(12)14/h4-5,8H,2-3,6,16H2,1H3,(H,17,18). The summed E-state index contributed by atoms with van der Waals surface area (Å²) in [4.78, 5) is 11.7. The van der Waals surface area contributed by atoms with Crippen LogP contribution >= 0.6 is 23.2 Å². The smallest absolute Gasteiger partial charge is 0.226 e. The van der Waals surface area contributed by atoms with Crippen LogP contribution in [0.25, 0.3) is 0 Å². The van der Waals surface area contributed by atoms with Gasteiger partial charge in [0.1, 0.15) is 5.82 Å². The lowest BCUT2D eigenvalue weighted by Crippen LogP contribution is -2.27. The molecule has 18 heavy (non-hydrogen) atoms. The van der Waals surface area contributed by atoms with Crippen molar-refractivity contribution in [2.24, 2.45) is 5.73 Å². The molecule has 0 heterocycles. The Labute approximate surface area is 115 Å². The first-order chi connectivity index (χ1) is 8.43. The van der Waals surface area contributed by atoms with Crippen molar-refractivity contribution >= 4 is 34.8 Å². The van der Waals surface area contributed by atoms with E-state index in [4.69, 9.17) is 28.9 Å². The van der Waals surface area contributed by atoms with Crippen molar-refractivity contribution in [1.29, 1.82) is 0 Å². The lowest BCUT2D eigenvalue weighted by Gasteiger charge is -2.12. The fourth-order valence-electron chi connectivity index (χ4n) is 1.56. The predicted molar refractivity (Wildman–Crippen MR) is 72.6 cm³/mol. The third kappa shape index (κ3) is 4.44. The van der Waals surface area contributed by atoms with Crippen LogP contribution in [0.5, 0.6) is 0 Å². The first kappa shape index (κ1) is 15.2. The number of carbonyl (C=O) groups is 1. The highest BCUT2D eigenvalue weighted by molar-refractivity contribution is 6.39. The van der Waals surface area contributed by atoms with Gasteiger partial charge in [-0.05, 0) is 18.6 Å². The minimum absolute atomic E-state index is 0.0670. The molecule has 1 rings (SSSR count). The Kier molecular flexibility index (Phi) is 5.85. The van der Waals surface area contributed by atoms with Gasteiger partial charge in [0, 0.05) is 12.5 Å². The van der Waals surface area contributed by atoms with Crippen LogP contribution in [0.2, 0.25) is 10.0 Å². The van der Waals surface area contributed by atoms with Gasteiger partial charge in [-0.3, -0.25) is 4.79 Å². The molecule has 3 N–H and O–H groups in total. The second-order valence-corrected chi connectivity index (χ2v) is 4.86. The molecule has 6 heteroatoms. The molecule has 0 bridgehead atoms. The van der Waals surface area contributed by atoms with E-state index in [0.717, 1.165) is 25.0 Å². The average molecular weight is 293 g/mol. The second kappa shape index (κ2) is 6.92. The Morgan fingerprint density at radius 2 is 2.00 bits per heavy atom. The summed E-state index contributed by atoms with van der Waals surface area (Å²) in [6, 6.07) is 1.98. The fourth-order valence-corrected chi connectivity index (χ4v) is 2.12. The topological polar surface area (TPSA) is 55.1 Å². The quantitative estimate of drug-likeness (QED) is 0.871. The highest BCUT2D eigenvalue weighted by Gasteiger charge is 2.14. The van der Waals surface area contributed by atoms with Crippen LogP contribution in [-0.4, -0.2) is 11.9 Å². The molecule has 1 unspecified atom stereocenters. The second-order valence-electron chi connectivity index (χ2n) is 4.05. The van der Waals surface area contributed by atoms with Gasteiger partial charge in [-0.25, -0.2) is 4.39 Å². The summed E-state index contributed by atoms with van der Waals surface area (Å²) in [6.07, 6.45) is 1.85. The van der Waals surface area contributed by atoms with E-state index in [2.05, 4.69) is 5.32 Å². The molecular weight excluding hydrogens is 278 g/mol. The molecule has 0 aromatic heterocycles. The Morgan fingerprint density at radius 1 is 1.44 bits per heavy atom. The highest BCUT2D eigenvalue weighted by atomic mass is 35.5. The van der Waals surface area contributed by atoms with Gasteiger partial charge in [0.2, 0.25) is 5.91 Å². The maximum Gasteiger partial charge on any atom is 0.226 e. The third-order valence-corrected chi connectivity index (χ3v) is 2.97. The molecule has 0 fully saturated rings. The molecule has 1 aromatic carbocycles. The van der Waals surface area contributed by atoms with Crippen molar-refractivity contribution in [2.45, 2.75) is 32.2 Å². The molecule has 1 atom stereocenters. The number of rotatable bonds is 5. The van der Waals surface area contributed by atoms with E-state index in [1.165, 1.54) is 0 Å². The average Bonchev–Trinajstić information content (AvgIpc) is 2.23. The molecule has 1 amide bonds. The van der Waals surface area contributed by atoms with E-state index in [0.29, 0.717) is 0 Å². The molecule has 0 radical (unpaired) electrons. The number of hydrogen-bond acceptors (Lipinski definition) is 2. The Bertz CT molecular complexity index is 417. The summed E-state index contributed by atoms with van der Waals surface area (Å²) in [5.41, 5.74) is 5.97. The lowest BCUT2D eigenvalue weighted by molar-refractivity contribution is -0.116. The van der Waals surface area contributed by atoms with Crippen molar-refractivity contribution in [3.8, 4) is 0 Å². The van der Waals surface area contributed by atoms with Gasteiger partial charge >= 0.3 is 0 Å². The van der Waals surface area contributed by atoms with Crippen molar-refractivity contribution in [3.63, 3.8) is 0 Å². The molecule has 0 aliphatic heterocycles. The lowest BCUT2D eigenvalue weighted by atomic mass is 10.1. The first-order valence-corrected chi connectivity index (χ1v) is 6.39. The molecule has 0 spiro atoms. The largest absolute Gasteiger partial charge is 0.327 e. The minimum Gasteiger partial charge on any atom is -0.327 e. The zero-order chi connectivity index (χ0) is 13.7. The molecule has 3 nitrogen and oxygen atoms in total. The van der Waals surface area contributed by atoms with Crippen LogP contribution in [0.1, 0.15) is 26.2 Å². The van der Waals surface area contributed by atoms with Gasteiger partial charge in [-0.1, -0.05) is 36.5 Å². The molecule has 1 aromatic rings. The maximum absolute atomic E-state index is 13.0. The van der Waals surface area contributed by atoms with Gasteiger partial charge in [0.25, 0.3) is 0 Å². The van der Waals surface area contributed by atoms with Crippen LogP contribution in [0.15, 0.2) is 12.1 Å².